The highest BCUT2D eigenvalue weighted by molar-refractivity contribution is 6.19. The number of nitrogens with one attached hydrogen (secondary N) is 1. The van der Waals surface area contributed by atoms with E-state index in [0.717, 1.165) is 0 Å². The first-order valence-electron chi connectivity index (χ1n) is 4.00. The third-order valence-corrected chi connectivity index (χ3v) is 2.11. The van der Waals surface area contributed by atoms with E-state index in [9.17, 15) is 14.5 Å². The second kappa shape index (κ2) is 3.47. The molecule has 0 aliphatic rings. The molecule has 0 radical (unpaired) electrons. The summed E-state index contributed by atoms with van der Waals surface area (Å²) in [5.74, 6) is -0.0489. The van der Waals surface area contributed by atoms with Crippen molar-refractivity contribution in [3.63, 3.8) is 0 Å². The molecule has 1 atom stereocenters. The number of hydrogen-bond donors (Lipinski definition) is 1. The van der Waals surface area contributed by atoms with Crippen molar-refractivity contribution in [2.45, 2.75) is 5.63 Å². The Morgan fingerprint density at radius 3 is 2.93 bits per heavy atom. The van der Waals surface area contributed by atoms with E-state index < -0.39 is 10.6 Å². The predicted octanol–water partition coefficient (Wildman–Crippen LogP) is 2.68. The van der Waals surface area contributed by atoms with Gasteiger partial charge >= 0.3 is 0 Å². The van der Waals surface area contributed by atoms with E-state index in [1.54, 1.807) is 0 Å². The van der Waals surface area contributed by atoms with Crippen LogP contribution in [-0.4, -0.2) is 14.9 Å². The van der Waals surface area contributed by atoms with Crippen LogP contribution in [0.1, 0.15) is 11.5 Å². The largest absolute Gasteiger partial charge is 0.338 e. The van der Waals surface area contributed by atoms with Gasteiger partial charge in [0.15, 0.2) is 5.82 Å². The highest BCUT2D eigenvalue weighted by atomic mass is 35.5. The molecule has 0 aliphatic carbocycles. The summed E-state index contributed by atoms with van der Waals surface area (Å²) >= 11 is 5.18. The van der Waals surface area contributed by atoms with Crippen LogP contribution >= 0.6 is 11.6 Å². The summed E-state index contributed by atoms with van der Waals surface area (Å²) in [6, 6.07) is 4.02. The molecule has 0 saturated carbocycles. The first kappa shape index (κ1) is 9.85. The topological polar surface area (TPSA) is 71.8 Å². The van der Waals surface area contributed by atoms with Gasteiger partial charge < -0.3 is 4.98 Å². The minimum Gasteiger partial charge on any atom is -0.338 e. The summed E-state index contributed by atoms with van der Waals surface area (Å²) in [6.07, 6.45) is 0. The third-order valence-electron chi connectivity index (χ3n) is 1.90. The number of hydrogen-bond acceptors (Lipinski definition) is 3. The number of H-pyrrole nitrogens is 1. The maximum Gasteiger partial charge on any atom is 0.271 e. The van der Waals surface area contributed by atoms with E-state index >= 15 is 0 Å². The lowest BCUT2D eigenvalue weighted by Gasteiger charge is -1.90. The number of benzene rings is 1. The van der Waals surface area contributed by atoms with Crippen molar-refractivity contribution in [2.24, 2.45) is 0 Å². The van der Waals surface area contributed by atoms with Gasteiger partial charge in [-0.25, -0.2) is 9.37 Å². The summed E-state index contributed by atoms with van der Waals surface area (Å²) in [4.78, 5) is 16.3. The average molecular weight is 230 g/mol. The van der Waals surface area contributed by atoms with Crippen molar-refractivity contribution in [1.82, 2.24) is 9.97 Å². The van der Waals surface area contributed by atoms with Crippen molar-refractivity contribution >= 4 is 28.3 Å². The Hall–Kier alpha value is -1.69. The summed E-state index contributed by atoms with van der Waals surface area (Å²) in [5.41, 5.74) is -0.986. The molecule has 0 fully saturated rings. The van der Waals surface area contributed by atoms with Gasteiger partial charge in [0, 0.05) is 12.1 Å². The second-order valence-corrected chi connectivity index (χ2v) is 3.26. The Morgan fingerprint density at radius 1 is 1.60 bits per heavy atom. The average Bonchev–Trinajstić information content (AvgIpc) is 2.59. The number of non-ortho nitro benzene ring substituents is 1. The van der Waals surface area contributed by atoms with Gasteiger partial charge in [-0.15, -0.1) is 0 Å². The Balaban J connectivity index is 2.57. The van der Waals surface area contributed by atoms with E-state index in [1.165, 1.54) is 18.2 Å². The van der Waals surface area contributed by atoms with E-state index in [1.807, 2.05) is 0 Å². The van der Waals surface area contributed by atoms with Gasteiger partial charge in [-0.3, -0.25) is 10.1 Å². The number of nitrogens with zero attached hydrogens (tertiary/aromatic N) is 2. The normalized spacial score (nSPS) is 12.9. The smallest absolute Gasteiger partial charge is 0.271 e. The van der Waals surface area contributed by atoms with Gasteiger partial charge in [0.05, 0.1) is 16.0 Å². The van der Waals surface area contributed by atoms with Crippen LogP contribution in [0.5, 0.6) is 0 Å². The SMILES string of the molecule is O=[N+]([O-])c1ccc2nc([C@@H](F)Cl)[nH]c2c1. The Morgan fingerprint density at radius 2 is 2.33 bits per heavy atom. The Bertz CT molecular complexity index is 526. The molecule has 7 heteroatoms. The number of halogens is 2. The monoisotopic (exact) mass is 229 g/mol. The van der Waals surface area contributed by atoms with Gasteiger partial charge in [-0.1, -0.05) is 11.6 Å². The van der Waals surface area contributed by atoms with E-state index in [0.29, 0.717) is 11.0 Å². The van der Waals surface area contributed by atoms with Crippen LogP contribution in [0.25, 0.3) is 11.0 Å². The fraction of sp³-hybridized carbons (Fsp3) is 0.125. The lowest BCUT2D eigenvalue weighted by atomic mass is 10.3. The number of aromatic nitrogens is 2. The molecule has 78 valence electrons. The molecule has 2 rings (SSSR count). The molecule has 0 amide bonds. The van der Waals surface area contributed by atoms with Gasteiger partial charge in [0.2, 0.25) is 5.63 Å². The zero-order chi connectivity index (χ0) is 11.0. The zero-order valence-corrected chi connectivity index (χ0v) is 8.03. The van der Waals surface area contributed by atoms with Crippen LogP contribution in [0, 0.1) is 10.1 Å². The minimum absolute atomic E-state index is 0.0489. The zero-order valence-electron chi connectivity index (χ0n) is 7.28. The molecule has 2 aromatic rings. The van der Waals surface area contributed by atoms with Gasteiger partial charge in [-0.05, 0) is 6.07 Å². The molecule has 0 bridgehead atoms. The molecular weight excluding hydrogens is 225 g/mol. The number of alkyl halides is 2. The standard InChI is InChI=1S/C8H5ClFN3O2/c9-7(10)8-11-5-2-1-4(13(14)15)3-6(5)12-8/h1-3,7H,(H,11,12)/t7-/m1/s1. The highest BCUT2D eigenvalue weighted by Gasteiger charge is 2.13. The second-order valence-electron chi connectivity index (χ2n) is 2.88. The molecule has 1 N–H and O–H groups in total. The molecule has 1 heterocycles. The number of nitro benzene ring substituents is 1. The summed E-state index contributed by atoms with van der Waals surface area (Å²) in [6.45, 7) is 0. The van der Waals surface area contributed by atoms with E-state index in [4.69, 9.17) is 11.6 Å². The van der Waals surface area contributed by atoms with Crippen LogP contribution in [0.3, 0.4) is 0 Å². The molecule has 0 aliphatic heterocycles. The van der Waals surface area contributed by atoms with Crippen molar-refractivity contribution < 1.29 is 9.31 Å². The molecule has 0 saturated heterocycles. The maximum atomic E-state index is 12.7. The maximum absolute atomic E-state index is 12.7. The number of aromatic amines is 1. The molecule has 15 heavy (non-hydrogen) atoms. The highest BCUT2D eigenvalue weighted by Crippen LogP contribution is 2.24. The quantitative estimate of drug-likeness (QED) is 0.489. The molecule has 1 aromatic carbocycles. The molecular formula is C8H5ClFN3O2. The Labute approximate surface area is 88.0 Å². The van der Waals surface area contributed by atoms with Crippen LogP contribution in [0.15, 0.2) is 18.2 Å². The first-order valence-corrected chi connectivity index (χ1v) is 4.44. The lowest BCUT2D eigenvalue weighted by Crippen LogP contribution is -1.86. The molecule has 1 aromatic heterocycles. The van der Waals surface area contributed by atoms with Gasteiger partial charge in [0.1, 0.15) is 0 Å². The first-order chi connectivity index (χ1) is 7.08. The lowest BCUT2D eigenvalue weighted by molar-refractivity contribution is -0.384. The van der Waals surface area contributed by atoms with Crippen LogP contribution in [0.4, 0.5) is 10.1 Å². The van der Waals surface area contributed by atoms with Crippen molar-refractivity contribution in [2.75, 3.05) is 0 Å². The molecule has 0 spiro atoms. The minimum atomic E-state index is -1.74. The number of rotatable bonds is 2. The van der Waals surface area contributed by atoms with Crippen molar-refractivity contribution in [3.05, 3.63) is 34.1 Å². The van der Waals surface area contributed by atoms with Crippen LogP contribution in [-0.2, 0) is 0 Å². The fourth-order valence-electron chi connectivity index (χ4n) is 1.23. The fourth-order valence-corrected chi connectivity index (χ4v) is 1.34. The number of imidazole rings is 1. The van der Waals surface area contributed by atoms with E-state index in [2.05, 4.69) is 9.97 Å². The Kier molecular flexibility index (Phi) is 2.28. The van der Waals surface area contributed by atoms with E-state index in [-0.39, 0.29) is 11.5 Å². The summed E-state index contributed by atoms with van der Waals surface area (Å²) in [7, 11) is 0. The summed E-state index contributed by atoms with van der Waals surface area (Å²) in [5, 5.41) is 10.5. The third kappa shape index (κ3) is 1.75. The number of nitro groups is 1. The number of fused-ring (bicyclic) bond motifs is 1. The van der Waals surface area contributed by atoms with Crippen LogP contribution < -0.4 is 0 Å². The van der Waals surface area contributed by atoms with Gasteiger partial charge in [0.25, 0.3) is 5.69 Å². The molecule has 5 nitrogen and oxygen atoms in total. The van der Waals surface area contributed by atoms with Crippen LogP contribution in [0.2, 0.25) is 0 Å². The predicted molar refractivity (Wildman–Crippen MR) is 52.5 cm³/mol. The summed E-state index contributed by atoms with van der Waals surface area (Å²) < 4.78 is 12.7. The van der Waals surface area contributed by atoms with Crippen molar-refractivity contribution in [1.29, 1.82) is 0 Å². The van der Waals surface area contributed by atoms with Gasteiger partial charge in [-0.2, -0.15) is 0 Å². The molecule has 0 unspecified atom stereocenters. The van der Waals surface area contributed by atoms with Crippen molar-refractivity contribution in [3.8, 4) is 0 Å².